The second-order valence-electron chi connectivity index (χ2n) is 8.02. The van der Waals surface area contributed by atoms with Crippen LogP contribution in [0.4, 0.5) is 0 Å². The number of carbonyl (C=O) groups is 2. The monoisotopic (exact) mass is 514 g/mol. The third kappa shape index (κ3) is 13.6. The van der Waals surface area contributed by atoms with Crippen LogP contribution in [0.25, 0.3) is 0 Å². The van der Waals surface area contributed by atoms with E-state index >= 15 is 0 Å². The number of rotatable bonds is 9. The topological polar surface area (TPSA) is 80.3 Å². The first-order chi connectivity index (χ1) is 18.0. The number of cyclic esters (lactones) is 1. The molecule has 0 fully saturated rings. The molecule has 204 valence electrons. The number of fused-ring (bicyclic) bond motifs is 1. The number of ether oxygens (including phenoxy) is 5. The highest BCUT2D eigenvalue weighted by Gasteiger charge is 2.23. The van der Waals surface area contributed by atoms with Crippen LogP contribution in [0, 0.1) is 0 Å². The second-order valence-corrected chi connectivity index (χ2v) is 8.02. The molecule has 0 spiro atoms. The minimum Gasteiger partial charge on any atom is -0.467 e. The molecular formula is C30H42O7. The van der Waals surface area contributed by atoms with Crippen LogP contribution in [-0.4, -0.2) is 45.2 Å². The molecule has 0 aliphatic carbocycles. The van der Waals surface area contributed by atoms with Crippen molar-refractivity contribution < 1.29 is 33.3 Å². The summed E-state index contributed by atoms with van der Waals surface area (Å²) >= 11 is 0. The highest BCUT2D eigenvalue weighted by atomic mass is 16.7. The zero-order valence-corrected chi connectivity index (χ0v) is 22.9. The molecule has 0 bridgehead atoms. The minimum atomic E-state index is -0.546. The molecule has 1 aliphatic rings. The average molecular weight is 515 g/mol. The van der Waals surface area contributed by atoms with Crippen molar-refractivity contribution in [2.24, 2.45) is 0 Å². The number of ketones is 1. The van der Waals surface area contributed by atoms with Crippen molar-refractivity contribution in [3.05, 3.63) is 71.4 Å². The van der Waals surface area contributed by atoms with E-state index < -0.39 is 5.97 Å². The fourth-order valence-corrected chi connectivity index (χ4v) is 3.14. The molecule has 0 unspecified atom stereocenters. The van der Waals surface area contributed by atoms with Crippen molar-refractivity contribution in [3.8, 4) is 11.5 Å². The molecule has 0 radical (unpaired) electrons. The van der Waals surface area contributed by atoms with Gasteiger partial charge in [0.1, 0.15) is 17.1 Å². The standard InChI is InChI=1S/C23H30O7.C7H12/c1-3-26-16-29-20-14-18-13-19(24)11-9-7-5-6-8-10-12-28-23(25)22(18)21(15-20)30-17-27-4-2;1-4-6-7(3)5-2/h6,8-9,11,14-15H,3-5,7,10,12-13,16-17H2,1-2H3;4-6H,1-3H3/b8-6+,11-9+;6-4-,7-5-. The van der Waals surface area contributed by atoms with Gasteiger partial charge in [0.15, 0.2) is 19.4 Å². The first-order valence-corrected chi connectivity index (χ1v) is 12.8. The van der Waals surface area contributed by atoms with Gasteiger partial charge in [0, 0.05) is 25.7 Å². The summed E-state index contributed by atoms with van der Waals surface area (Å²) in [6.45, 7) is 11.1. The van der Waals surface area contributed by atoms with Crippen LogP contribution in [0.1, 0.15) is 69.8 Å². The van der Waals surface area contributed by atoms with Gasteiger partial charge in [-0.3, -0.25) is 4.79 Å². The van der Waals surface area contributed by atoms with Crippen LogP contribution in [0.15, 0.2) is 60.2 Å². The van der Waals surface area contributed by atoms with Crippen LogP contribution >= 0.6 is 0 Å². The van der Waals surface area contributed by atoms with Crippen LogP contribution < -0.4 is 9.47 Å². The van der Waals surface area contributed by atoms with Gasteiger partial charge in [-0.25, -0.2) is 4.79 Å². The summed E-state index contributed by atoms with van der Waals surface area (Å²) in [5, 5.41) is 0. The van der Waals surface area contributed by atoms with Crippen molar-refractivity contribution in [1.82, 2.24) is 0 Å². The SMILES string of the molecule is C/C=C\C(C)=C/C.CCOCOc1cc2c(c(OCOCC)c1)C(=O)OCC/C=C/CC/C=C/C(=O)C2. The van der Waals surface area contributed by atoms with Crippen molar-refractivity contribution in [3.63, 3.8) is 0 Å². The quantitative estimate of drug-likeness (QED) is 0.122. The van der Waals surface area contributed by atoms with E-state index in [0.29, 0.717) is 30.9 Å². The van der Waals surface area contributed by atoms with Gasteiger partial charge in [-0.2, -0.15) is 0 Å². The number of carbonyl (C=O) groups excluding carboxylic acids is 2. The molecule has 0 N–H and O–H groups in total. The maximum absolute atomic E-state index is 12.8. The predicted octanol–water partition coefficient (Wildman–Crippen LogP) is 6.53. The Morgan fingerprint density at radius 1 is 0.946 bits per heavy atom. The Morgan fingerprint density at radius 2 is 1.62 bits per heavy atom. The first kappa shape index (κ1) is 31.9. The Hall–Kier alpha value is -3.16. The van der Waals surface area contributed by atoms with Crippen molar-refractivity contribution in [2.45, 2.75) is 60.3 Å². The third-order valence-electron chi connectivity index (χ3n) is 5.11. The summed E-state index contributed by atoms with van der Waals surface area (Å²) in [7, 11) is 0. The van der Waals surface area contributed by atoms with E-state index in [1.54, 1.807) is 18.2 Å². The molecule has 0 aromatic heterocycles. The van der Waals surface area contributed by atoms with Gasteiger partial charge >= 0.3 is 5.97 Å². The van der Waals surface area contributed by atoms with Crippen LogP contribution in [0.2, 0.25) is 0 Å². The Morgan fingerprint density at radius 3 is 2.27 bits per heavy atom. The number of esters is 1. The highest BCUT2D eigenvalue weighted by Crippen LogP contribution is 2.31. The zero-order valence-electron chi connectivity index (χ0n) is 22.9. The van der Waals surface area contributed by atoms with Crippen LogP contribution in [0.5, 0.6) is 11.5 Å². The van der Waals surface area contributed by atoms with Gasteiger partial charge < -0.3 is 23.7 Å². The molecule has 1 aromatic rings. The summed E-state index contributed by atoms with van der Waals surface area (Å²) in [5.41, 5.74) is 2.01. The molecule has 7 nitrogen and oxygen atoms in total. The summed E-state index contributed by atoms with van der Waals surface area (Å²) in [4.78, 5) is 25.3. The maximum Gasteiger partial charge on any atom is 0.342 e. The lowest BCUT2D eigenvalue weighted by Crippen LogP contribution is -2.15. The summed E-state index contributed by atoms with van der Waals surface area (Å²) in [5.74, 6) is 0.0112. The summed E-state index contributed by atoms with van der Waals surface area (Å²) in [6.07, 6.45) is 15.8. The summed E-state index contributed by atoms with van der Waals surface area (Å²) < 4.78 is 27.2. The molecule has 0 atom stereocenters. The number of allylic oxidation sites excluding steroid dienone is 7. The van der Waals surface area contributed by atoms with Gasteiger partial charge in [0.25, 0.3) is 0 Å². The summed E-state index contributed by atoms with van der Waals surface area (Å²) in [6, 6.07) is 3.24. The zero-order chi connectivity index (χ0) is 27.3. The Balaban J connectivity index is 0.000000856. The third-order valence-corrected chi connectivity index (χ3v) is 5.11. The van der Waals surface area contributed by atoms with Gasteiger partial charge in [0.05, 0.1) is 6.61 Å². The van der Waals surface area contributed by atoms with Crippen LogP contribution in [-0.2, 0) is 25.4 Å². The largest absolute Gasteiger partial charge is 0.467 e. The molecule has 0 amide bonds. The van der Waals surface area contributed by atoms with E-state index in [1.807, 2.05) is 52.0 Å². The van der Waals surface area contributed by atoms with Gasteiger partial charge in [0.2, 0.25) is 0 Å². The van der Waals surface area contributed by atoms with E-state index in [2.05, 4.69) is 19.1 Å². The second kappa shape index (κ2) is 20.0. The minimum absolute atomic E-state index is 0.0214. The van der Waals surface area contributed by atoms with E-state index in [1.165, 1.54) is 5.57 Å². The smallest absolute Gasteiger partial charge is 0.342 e. The van der Waals surface area contributed by atoms with Gasteiger partial charge in [-0.05, 0) is 71.6 Å². The lowest BCUT2D eigenvalue weighted by molar-refractivity contribution is -0.114. The number of benzene rings is 1. The Kier molecular flexibility index (Phi) is 17.2. The molecule has 7 heteroatoms. The molecule has 37 heavy (non-hydrogen) atoms. The van der Waals surface area contributed by atoms with E-state index in [4.69, 9.17) is 23.7 Å². The lowest BCUT2D eigenvalue weighted by atomic mass is 10.00. The number of hydrogen-bond donors (Lipinski definition) is 0. The maximum atomic E-state index is 12.8. The first-order valence-electron chi connectivity index (χ1n) is 12.8. The normalized spacial score (nSPS) is 16.6. The van der Waals surface area contributed by atoms with E-state index in [0.717, 1.165) is 12.8 Å². The lowest BCUT2D eigenvalue weighted by Gasteiger charge is -2.17. The van der Waals surface area contributed by atoms with Gasteiger partial charge in [-0.1, -0.05) is 42.0 Å². The molecule has 1 aliphatic heterocycles. The fourth-order valence-electron chi connectivity index (χ4n) is 3.14. The van der Waals surface area contributed by atoms with Crippen LogP contribution in [0.3, 0.4) is 0 Å². The molecular weight excluding hydrogens is 472 g/mol. The fraction of sp³-hybridized carbons (Fsp3) is 0.467. The Labute approximate surface area is 221 Å². The Bertz CT molecular complexity index is 941. The van der Waals surface area contributed by atoms with Crippen molar-refractivity contribution in [1.29, 1.82) is 0 Å². The van der Waals surface area contributed by atoms with Crippen molar-refractivity contribution >= 4 is 11.8 Å². The number of hydrogen-bond acceptors (Lipinski definition) is 7. The van der Waals surface area contributed by atoms with E-state index in [-0.39, 0.29) is 43.7 Å². The van der Waals surface area contributed by atoms with E-state index in [9.17, 15) is 9.59 Å². The molecule has 2 rings (SSSR count). The predicted molar refractivity (Wildman–Crippen MR) is 146 cm³/mol. The molecule has 0 saturated heterocycles. The highest BCUT2D eigenvalue weighted by molar-refractivity contribution is 5.98. The molecule has 1 heterocycles. The molecule has 0 saturated carbocycles. The molecule has 1 aromatic carbocycles. The average Bonchev–Trinajstić information content (AvgIpc) is 2.88. The van der Waals surface area contributed by atoms with Crippen molar-refractivity contribution in [2.75, 3.05) is 33.4 Å². The van der Waals surface area contributed by atoms with Gasteiger partial charge in [-0.15, -0.1) is 0 Å².